The van der Waals surface area contributed by atoms with Crippen molar-refractivity contribution in [1.82, 2.24) is 0 Å². The van der Waals surface area contributed by atoms with Crippen LogP contribution in [0.5, 0.6) is 0 Å². The molecule has 0 aliphatic heterocycles. The molecule has 1 aliphatic rings. The fraction of sp³-hybridized carbons (Fsp3) is 0.562. The number of anilines is 2. The number of nitrogen functional groups attached to an aromatic ring is 1. The second-order valence-electron chi connectivity index (χ2n) is 6.20. The van der Waals surface area contributed by atoms with E-state index >= 15 is 0 Å². The maximum Gasteiger partial charge on any atom is 0.235 e. The van der Waals surface area contributed by atoms with E-state index in [4.69, 9.17) is 5.73 Å². The summed E-state index contributed by atoms with van der Waals surface area (Å²) in [5.41, 5.74) is 7.09. The summed E-state index contributed by atoms with van der Waals surface area (Å²) < 4.78 is 26.2. The first kappa shape index (κ1) is 16.8. The maximum absolute atomic E-state index is 12.5. The molecule has 0 radical (unpaired) electrons. The smallest absolute Gasteiger partial charge is 0.235 e. The van der Waals surface area contributed by atoms with Crippen LogP contribution in [0.3, 0.4) is 0 Å². The Hall–Kier alpha value is -1.56. The Morgan fingerprint density at radius 2 is 1.86 bits per heavy atom. The number of nitrogens with one attached hydrogen (secondary N) is 1. The fourth-order valence-electron chi connectivity index (χ4n) is 2.68. The van der Waals surface area contributed by atoms with Gasteiger partial charge in [0, 0.05) is 11.5 Å². The standard InChI is InChI=1S/C16H24N2O3S/c1-11(2)22(20,21)18-15-9-8-13(10-14(15)17)16(19)12-6-4-3-5-7-12/h8-12,18H,3-7,17H2,1-2H3. The van der Waals surface area contributed by atoms with E-state index in [1.807, 2.05) is 0 Å². The summed E-state index contributed by atoms with van der Waals surface area (Å²) in [6, 6.07) is 4.81. The van der Waals surface area contributed by atoms with Crippen LogP contribution in [0.25, 0.3) is 0 Å². The summed E-state index contributed by atoms with van der Waals surface area (Å²) in [6.07, 6.45) is 5.25. The summed E-state index contributed by atoms with van der Waals surface area (Å²) in [5.74, 6) is 0.191. The number of sulfonamides is 1. The third-order valence-corrected chi connectivity index (χ3v) is 5.93. The van der Waals surface area contributed by atoms with Crippen LogP contribution in [0, 0.1) is 5.92 Å². The van der Waals surface area contributed by atoms with Crippen LogP contribution in [-0.2, 0) is 10.0 Å². The molecule has 0 saturated heterocycles. The lowest BCUT2D eigenvalue weighted by molar-refractivity contribution is 0.0889. The predicted octanol–water partition coefficient (Wildman–Crippen LogP) is 3.18. The van der Waals surface area contributed by atoms with E-state index in [2.05, 4.69) is 4.72 Å². The van der Waals surface area contributed by atoms with Gasteiger partial charge in [0.2, 0.25) is 10.0 Å². The Kier molecular flexibility index (Phi) is 5.11. The van der Waals surface area contributed by atoms with Crippen molar-refractivity contribution in [3.05, 3.63) is 23.8 Å². The molecule has 0 heterocycles. The Morgan fingerprint density at radius 3 is 2.41 bits per heavy atom. The topological polar surface area (TPSA) is 89.3 Å². The van der Waals surface area contributed by atoms with Crippen LogP contribution < -0.4 is 10.5 Å². The number of hydrogen-bond acceptors (Lipinski definition) is 4. The molecule has 0 atom stereocenters. The van der Waals surface area contributed by atoms with Crippen LogP contribution in [0.2, 0.25) is 0 Å². The fourth-order valence-corrected chi connectivity index (χ4v) is 3.41. The molecule has 0 aromatic heterocycles. The molecule has 1 aliphatic carbocycles. The highest BCUT2D eigenvalue weighted by atomic mass is 32.2. The van der Waals surface area contributed by atoms with Crippen molar-refractivity contribution in [1.29, 1.82) is 0 Å². The molecule has 1 saturated carbocycles. The summed E-state index contributed by atoms with van der Waals surface area (Å²) in [6.45, 7) is 3.19. The lowest BCUT2D eigenvalue weighted by Crippen LogP contribution is -2.23. The SMILES string of the molecule is CC(C)S(=O)(=O)Nc1ccc(C(=O)C2CCCCC2)cc1N. The number of carbonyl (C=O) groups is 1. The maximum atomic E-state index is 12.5. The minimum atomic E-state index is -3.44. The van der Waals surface area contributed by atoms with Crippen LogP contribution in [0.15, 0.2) is 18.2 Å². The van der Waals surface area contributed by atoms with Crippen molar-refractivity contribution in [3.8, 4) is 0 Å². The van der Waals surface area contributed by atoms with Crippen molar-refractivity contribution >= 4 is 27.2 Å². The molecule has 1 aromatic rings. The number of Topliss-reactive ketones (excluding diaryl/α,β-unsaturated/α-hetero) is 1. The third-order valence-electron chi connectivity index (χ3n) is 4.18. The molecule has 5 nitrogen and oxygen atoms in total. The van der Waals surface area contributed by atoms with Crippen molar-refractivity contribution in [2.24, 2.45) is 5.92 Å². The molecular weight excluding hydrogens is 300 g/mol. The van der Waals surface area contributed by atoms with Crippen LogP contribution in [0.1, 0.15) is 56.3 Å². The second kappa shape index (κ2) is 6.69. The molecule has 2 rings (SSSR count). The highest BCUT2D eigenvalue weighted by molar-refractivity contribution is 7.93. The van der Waals surface area contributed by atoms with E-state index in [0.29, 0.717) is 11.3 Å². The molecule has 0 spiro atoms. The summed E-state index contributed by atoms with van der Waals surface area (Å²) in [4.78, 5) is 12.5. The zero-order valence-corrected chi connectivity index (χ0v) is 13.9. The van der Waals surface area contributed by atoms with Gasteiger partial charge in [-0.25, -0.2) is 8.42 Å². The average molecular weight is 324 g/mol. The van der Waals surface area contributed by atoms with E-state index in [1.165, 1.54) is 6.42 Å². The largest absolute Gasteiger partial charge is 0.397 e. The van der Waals surface area contributed by atoms with Crippen molar-refractivity contribution < 1.29 is 13.2 Å². The lowest BCUT2D eigenvalue weighted by Gasteiger charge is -2.20. The number of ketones is 1. The first-order valence-electron chi connectivity index (χ1n) is 7.76. The molecule has 1 aromatic carbocycles. The quantitative estimate of drug-likeness (QED) is 0.643. The van der Waals surface area contributed by atoms with Gasteiger partial charge in [0.05, 0.1) is 16.6 Å². The second-order valence-corrected chi connectivity index (χ2v) is 8.43. The molecule has 0 amide bonds. The van der Waals surface area contributed by atoms with Crippen molar-refractivity contribution in [2.45, 2.75) is 51.2 Å². The third kappa shape index (κ3) is 3.80. The first-order valence-corrected chi connectivity index (χ1v) is 9.31. The monoisotopic (exact) mass is 324 g/mol. The van der Waals surface area contributed by atoms with E-state index in [9.17, 15) is 13.2 Å². The van der Waals surface area contributed by atoms with E-state index in [-0.39, 0.29) is 17.4 Å². The molecule has 0 bridgehead atoms. The summed E-state index contributed by atoms with van der Waals surface area (Å²) in [5, 5.41) is -0.546. The van der Waals surface area contributed by atoms with Gasteiger partial charge in [0.15, 0.2) is 5.78 Å². The zero-order chi connectivity index (χ0) is 16.3. The molecule has 1 fully saturated rings. The van der Waals surface area contributed by atoms with E-state index in [0.717, 1.165) is 25.7 Å². The average Bonchev–Trinajstić information content (AvgIpc) is 2.49. The molecule has 3 N–H and O–H groups in total. The van der Waals surface area contributed by atoms with Gasteiger partial charge in [-0.15, -0.1) is 0 Å². The Labute approximate surface area is 132 Å². The molecule has 6 heteroatoms. The predicted molar refractivity (Wildman–Crippen MR) is 89.4 cm³/mol. The molecule has 22 heavy (non-hydrogen) atoms. The minimum absolute atomic E-state index is 0.0753. The highest BCUT2D eigenvalue weighted by Gasteiger charge is 2.23. The first-order chi connectivity index (χ1) is 10.3. The lowest BCUT2D eigenvalue weighted by atomic mass is 9.84. The van der Waals surface area contributed by atoms with Gasteiger partial charge in [-0.05, 0) is 44.9 Å². The Morgan fingerprint density at radius 1 is 1.23 bits per heavy atom. The zero-order valence-electron chi connectivity index (χ0n) is 13.1. The van der Waals surface area contributed by atoms with Crippen LogP contribution in [0.4, 0.5) is 11.4 Å². The summed E-state index contributed by atoms with van der Waals surface area (Å²) in [7, 11) is -3.44. The van der Waals surface area contributed by atoms with E-state index in [1.54, 1.807) is 32.0 Å². The highest BCUT2D eigenvalue weighted by Crippen LogP contribution is 2.29. The molecular formula is C16H24N2O3S. The molecule has 122 valence electrons. The number of rotatable bonds is 5. The number of hydrogen-bond donors (Lipinski definition) is 2. The summed E-state index contributed by atoms with van der Waals surface area (Å²) >= 11 is 0. The Bertz CT molecular complexity index is 647. The van der Waals surface area contributed by atoms with Gasteiger partial charge in [-0.2, -0.15) is 0 Å². The van der Waals surface area contributed by atoms with Crippen molar-refractivity contribution in [2.75, 3.05) is 10.5 Å². The van der Waals surface area contributed by atoms with Gasteiger partial charge in [0.1, 0.15) is 0 Å². The Balaban J connectivity index is 2.17. The number of carbonyl (C=O) groups excluding carboxylic acids is 1. The van der Waals surface area contributed by atoms with Crippen LogP contribution in [-0.4, -0.2) is 19.5 Å². The number of benzene rings is 1. The van der Waals surface area contributed by atoms with Crippen molar-refractivity contribution in [3.63, 3.8) is 0 Å². The van der Waals surface area contributed by atoms with Gasteiger partial charge < -0.3 is 5.73 Å². The van der Waals surface area contributed by atoms with Gasteiger partial charge >= 0.3 is 0 Å². The van der Waals surface area contributed by atoms with Gasteiger partial charge in [-0.3, -0.25) is 9.52 Å². The normalized spacial score (nSPS) is 16.7. The minimum Gasteiger partial charge on any atom is -0.397 e. The number of nitrogens with two attached hydrogens (primary N) is 1. The van der Waals surface area contributed by atoms with Gasteiger partial charge in [-0.1, -0.05) is 19.3 Å². The van der Waals surface area contributed by atoms with Gasteiger partial charge in [0.25, 0.3) is 0 Å². The van der Waals surface area contributed by atoms with E-state index < -0.39 is 15.3 Å². The molecule has 0 unspecified atom stereocenters. The van der Waals surface area contributed by atoms with Crippen LogP contribution >= 0.6 is 0 Å².